The van der Waals surface area contributed by atoms with E-state index in [1.807, 2.05) is 6.07 Å². The van der Waals surface area contributed by atoms with E-state index in [1.54, 1.807) is 12.1 Å². The second kappa shape index (κ2) is 6.94. The molecule has 1 saturated carbocycles. The summed E-state index contributed by atoms with van der Waals surface area (Å²) in [4.78, 5) is 22.3. The molecule has 0 amide bonds. The molecular weight excluding hydrogens is 292 g/mol. The van der Waals surface area contributed by atoms with Gasteiger partial charge in [-0.15, -0.1) is 11.6 Å². The van der Waals surface area contributed by atoms with E-state index in [0.29, 0.717) is 17.2 Å². The van der Waals surface area contributed by atoms with Gasteiger partial charge in [0.25, 0.3) is 0 Å². The van der Waals surface area contributed by atoms with Gasteiger partial charge in [-0.3, -0.25) is 9.59 Å². The molecule has 1 fully saturated rings. The standard InChI is InChI=1S/C16H19ClO4/c1-10(18)21-14-9-12(15(17)16(19)20)7-8-13(14)11-5-3-2-4-6-11/h7-9,11,15H,2-6H2,1H3,(H,19,20). The maximum Gasteiger partial charge on any atom is 0.326 e. The van der Waals surface area contributed by atoms with Gasteiger partial charge in [-0.2, -0.15) is 0 Å². The normalized spacial score (nSPS) is 17.2. The number of alkyl halides is 1. The Kier molecular flexibility index (Phi) is 5.23. The summed E-state index contributed by atoms with van der Waals surface area (Å²) in [5.74, 6) is -0.721. The monoisotopic (exact) mass is 310 g/mol. The zero-order valence-electron chi connectivity index (χ0n) is 12.0. The van der Waals surface area contributed by atoms with Crippen LogP contribution in [0, 0.1) is 0 Å². The Bertz CT molecular complexity index is 535. The minimum atomic E-state index is -1.14. The number of aliphatic carboxylic acids is 1. The summed E-state index contributed by atoms with van der Waals surface area (Å²) in [5.41, 5.74) is 1.41. The van der Waals surface area contributed by atoms with Crippen molar-refractivity contribution in [2.24, 2.45) is 0 Å². The first kappa shape index (κ1) is 15.8. The molecule has 21 heavy (non-hydrogen) atoms. The number of benzene rings is 1. The van der Waals surface area contributed by atoms with Crippen molar-refractivity contribution in [2.75, 3.05) is 0 Å². The third-order valence-electron chi connectivity index (χ3n) is 3.85. The van der Waals surface area contributed by atoms with Crippen LogP contribution in [0.2, 0.25) is 0 Å². The van der Waals surface area contributed by atoms with Crippen molar-refractivity contribution in [1.29, 1.82) is 0 Å². The lowest BCUT2D eigenvalue weighted by Gasteiger charge is -2.24. The molecule has 0 bridgehead atoms. The Labute approximate surface area is 129 Å². The first-order chi connectivity index (χ1) is 9.99. The SMILES string of the molecule is CC(=O)Oc1cc(C(Cl)C(=O)O)ccc1C1CCCCC1. The molecule has 1 aliphatic rings. The number of carboxylic acids is 1. The van der Waals surface area contributed by atoms with Gasteiger partial charge in [-0.1, -0.05) is 31.4 Å². The highest BCUT2D eigenvalue weighted by atomic mass is 35.5. The molecule has 1 aliphatic carbocycles. The fourth-order valence-electron chi connectivity index (χ4n) is 2.85. The largest absolute Gasteiger partial charge is 0.480 e. The van der Waals surface area contributed by atoms with E-state index in [-0.39, 0.29) is 0 Å². The number of hydrogen-bond donors (Lipinski definition) is 1. The predicted octanol–water partition coefficient (Wildman–Crippen LogP) is 4.02. The fourth-order valence-corrected chi connectivity index (χ4v) is 2.98. The van der Waals surface area contributed by atoms with E-state index in [2.05, 4.69) is 0 Å². The van der Waals surface area contributed by atoms with Gasteiger partial charge in [-0.25, -0.2) is 0 Å². The predicted molar refractivity (Wildman–Crippen MR) is 79.8 cm³/mol. The quantitative estimate of drug-likeness (QED) is 0.518. The van der Waals surface area contributed by atoms with Crippen molar-refractivity contribution in [3.05, 3.63) is 29.3 Å². The number of rotatable bonds is 4. The third-order valence-corrected chi connectivity index (χ3v) is 4.28. The molecular formula is C16H19ClO4. The van der Waals surface area contributed by atoms with Crippen LogP contribution in [0.5, 0.6) is 5.75 Å². The topological polar surface area (TPSA) is 63.6 Å². The molecule has 5 heteroatoms. The lowest BCUT2D eigenvalue weighted by atomic mass is 9.83. The molecule has 0 saturated heterocycles. The average molecular weight is 311 g/mol. The number of carbonyl (C=O) groups is 2. The van der Waals surface area contributed by atoms with Crippen molar-refractivity contribution in [3.8, 4) is 5.75 Å². The summed E-state index contributed by atoms with van der Waals surface area (Å²) < 4.78 is 5.28. The van der Waals surface area contributed by atoms with Gasteiger partial charge < -0.3 is 9.84 Å². The van der Waals surface area contributed by atoms with Crippen molar-refractivity contribution in [2.45, 2.75) is 50.3 Å². The molecule has 1 unspecified atom stereocenters. The Balaban J connectivity index is 2.34. The second-order valence-electron chi connectivity index (χ2n) is 5.43. The van der Waals surface area contributed by atoms with Gasteiger partial charge in [0.05, 0.1) is 0 Å². The fraction of sp³-hybridized carbons (Fsp3) is 0.500. The van der Waals surface area contributed by atoms with Gasteiger partial charge in [0, 0.05) is 6.92 Å². The maximum atomic E-state index is 11.3. The Morgan fingerprint density at radius 3 is 2.52 bits per heavy atom. The number of carbonyl (C=O) groups excluding carboxylic acids is 1. The molecule has 1 atom stereocenters. The van der Waals surface area contributed by atoms with Crippen LogP contribution < -0.4 is 4.74 Å². The van der Waals surface area contributed by atoms with E-state index in [9.17, 15) is 9.59 Å². The van der Waals surface area contributed by atoms with Crippen LogP contribution in [0.25, 0.3) is 0 Å². The van der Waals surface area contributed by atoms with Gasteiger partial charge in [0.15, 0.2) is 5.38 Å². The van der Waals surface area contributed by atoms with E-state index < -0.39 is 17.3 Å². The summed E-state index contributed by atoms with van der Waals surface area (Å²) in [6.07, 6.45) is 5.70. The molecule has 0 aliphatic heterocycles. The number of carboxylic acid groups (broad SMARTS) is 1. The zero-order valence-corrected chi connectivity index (χ0v) is 12.7. The molecule has 0 radical (unpaired) electrons. The Morgan fingerprint density at radius 2 is 1.95 bits per heavy atom. The summed E-state index contributed by atoms with van der Waals surface area (Å²) in [6, 6.07) is 5.14. The molecule has 0 aromatic heterocycles. The van der Waals surface area contributed by atoms with Crippen LogP contribution in [-0.2, 0) is 9.59 Å². The summed E-state index contributed by atoms with van der Waals surface area (Å²) >= 11 is 5.85. The molecule has 114 valence electrons. The van der Waals surface area contributed by atoms with Crippen LogP contribution in [0.1, 0.15) is 61.4 Å². The Hall–Kier alpha value is -1.55. The van der Waals surface area contributed by atoms with E-state index >= 15 is 0 Å². The van der Waals surface area contributed by atoms with Gasteiger partial charge in [0.1, 0.15) is 5.75 Å². The van der Waals surface area contributed by atoms with Crippen LogP contribution in [0.4, 0.5) is 0 Å². The van der Waals surface area contributed by atoms with Gasteiger partial charge >= 0.3 is 11.9 Å². The van der Waals surface area contributed by atoms with Crippen molar-refractivity contribution >= 4 is 23.5 Å². The number of esters is 1. The summed E-state index contributed by atoms with van der Waals surface area (Å²) in [6.45, 7) is 1.34. The highest BCUT2D eigenvalue weighted by Crippen LogP contribution is 2.39. The molecule has 2 rings (SSSR count). The maximum absolute atomic E-state index is 11.3. The first-order valence-electron chi connectivity index (χ1n) is 7.18. The smallest absolute Gasteiger partial charge is 0.326 e. The average Bonchev–Trinajstić information content (AvgIpc) is 2.46. The van der Waals surface area contributed by atoms with E-state index in [0.717, 1.165) is 18.4 Å². The summed E-state index contributed by atoms with van der Waals surface area (Å²) in [5, 5.41) is 7.85. The van der Waals surface area contributed by atoms with Crippen molar-refractivity contribution in [3.63, 3.8) is 0 Å². The lowest BCUT2D eigenvalue weighted by Crippen LogP contribution is -2.11. The van der Waals surface area contributed by atoms with Crippen LogP contribution in [0.15, 0.2) is 18.2 Å². The Morgan fingerprint density at radius 1 is 1.29 bits per heavy atom. The molecule has 1 aromatic rings. The van der Waals surface area contributed by atoms with Crippen molar-refractivity contribution in [1.82, 2.24) is 0 Å². The number of hydrogen-bond acceptors (Lipinski definition) is 3. The second-order valence-corrected chi connectivity index (χ2v) is 5.86. The zero-order chi connectivity index (χ0) is 15.4. The van der Waals surface area contributed by atoms with E-state index in [4.69, 9.17) is 21.4 Å². The summed E-state index contributed by atoms with van der Waals surface area (Å²) in [7, 11) is 0. The van der Waals surface area contributed by atoms with Gasteiger partial charge in [0.2, 0.25) is 0 Å². The molecule has 1 aromatic carbocycles. The molecule has 0 spiro atoms. The van der Waals surface area contributed by atoms with Crippen LogP contribution in [-0.4, -0.2) is 17.0 Å². The highest BCUT2D eigenvalue weighted by molar-refractivity contribution is 6.29. The molecule has 0 heterocycles. The van der Waals surface area contributed by atoms with Gasteiger partial charge in [-0.05, 0) is 36.0 Å². The number of halogens is 1. The highest BCUT2D eigenvalue weighted by Gasteiger charge is 2.23. The minimum Gasteiger partial charge on any atom is -0.480 e. The van der Waals surface area contributed by atoms with Crippen LogP contribution >= 0.6 is 11.6 Å². The number of ether oxygens (including phenoxy) is 1. The van der Waals surface area contributed by atoms with Crippen molar-refractivity contribution < 1.29 is 19.4 Å². The first-order valence-corrected chi connectivity index (χ1v) is 7.62. The van der Waals surface area contributed by atoms with Crippen LogP contribution in [0.3, 0.4) is 0 Å². The molecule has 1 N–H and O–H groups in total. The minimum absolute atomic E-state index is 0.362. The molecule has 4 nitrogen and oxygen atoms in total. The third kappa shape index (κ3) is 3.97. The van der Waals surface area contributed by atoms with E-state index in [1.165, 1.54) is 26.2 Å². The lowest BCUT2D eigenvalue weighted by molar-refractivity contribution is -0.136.